The highest BCUT2D eigenvalue weighted by Gasteiger charge is 2.30. The van der Waals surface area contributed by atoms with Crippen LogP contribution in [0.15, 0.2) is 42.9 Å². The number of fused-ring (bicyclic) bond motifs is 1. The molecular weight excluding hydrogens is 340 g/mol. The molecule has 0 spiro atoms. The predicted octanol–water partition coefficient (Wildman–Crippen LogP) is 2.31. The van der Waals surface area contributed by atoms with Gasteiger partial charge in [0.2, 0.25) is 0 Å². The number of nitrogens with one attached hydrogen (secondary N) is 1. The molecule has 1 unspecified atom stereocenters. The van der Waals surface area contributed by atoms with Gasteiger partial charge in [-0.15, -0.1) is 0 Å². The Bertz CT molecular complexity index is 906. The Labute approximate surface area is 158 Å². The molecule has 3 aromatic heterocycles. The first-order valence-corrected chi connectivity index (χ1v) is 9.27. The van der Waals surface area contributed by atoms with Crippen molar-refractivity contribution in [3.8, 4) is 0 Å². The van der Waals surface area contributed by atoms with Crippen LogP contribution < -0.4 is 14.7 Å². The second-order valence-electron chi connectivity index (χ2n) is 6.82. The number of pyridine rings is 2. The number of carbonyl (C=O) groups is 1. The van der Waals surface area contributed by atoms with E-state index in [0.29, 0.717) is 6.54 Å². The van der Waals surface area contributed by atoms with Crippen molar-refractivity contribution >= 4 is 34.5 Å². The lowest BCUT2D eigenvalue weighted by molar-refractivity contribution is -0.109. The fraction of sp³-hybridized carbons (Fsp3) is 0.350. The fourth-order valence-corrected chi connectivity index (χ4v) is 3.63. The van der Waals surface area contributed by atoms with Crippen LogP contribution in [0.2, 0.25) is 0 Å². The van der Waals surface area contributed by atoms with Crippen LogP contribution in [0, 0.1) is 0 Å². The standard InChI is InChI=1S/C20H24N6O/c1-3-24(2)18-5-4-7-22-20(18)25-9-10-26(16(13-25)14-27)19-11-15-12-21-8-6-17(15)23-19/h4-8,11-12,14,16,23H,3,9-10,13H2,1-2H3. The maximum absolute atomic E-state index is 11.9. The van der Waals surface area contributed by atoms with E-state index in [9.17, 15) is 4.79 Å². The zero-order chi connectivity index (χ0) is 18.8. The first kappa shape index (κ1) is 17.3. The van der Waals surface area contributed by atoms with Gasteiger partial charge in [0.05, 0.1) is 11.2 Å². The van der Waals surface area contributed by atoms with Gasteiger partial charge < -0.3 is 24.5 Å². The quantitative estimate of drug-likeness (QED) is 0.701. The Morgan fingerprint density at radius 1 is 1.33 bits per heavy atom. The summed E-state index contributed by atoms with van der Waals surface area (Å²) in [6, 6.07) is 7.81. The Hall–Kier alpha value is -3.09. The molecule has 27 heavy (non-hydrogen) atoms. The van der Waals surface area contributed by atoms with Crippen molar-refractivity contribution < 1.29 is 4.79 Å². The lowest BCUT2D eigenvalue weighted by atomic mass is 10.1. The molecule has 7 heteroatoms. The van der Waals surface area contributed by atoms with E-state index in [4.69, 9.17) is 0 Å². The predicted molar refractivity (Wildman–Crippen MR) is 109 cm³/mol. The van der Waals surface area contributed by atoms with Gasteiger partial charge in [-0.05, 0) is 31.2 Å². The molecule has 1 saturated heterocycles. The molecule has 1 atom stereocenters. The summed E-state index contributed by atoms with van der Waals surface area (Å²) in [7, 11) is 2.06. The van der Waals surface area contributed by atoms with Crippen LogP contribution in [-0.4, -0.2) is 60.5 Å². The number of hydrogen-bond donors (Lipinski definition) is 1. The van der Waals surface area contributed by atoms with Crippen molar-refractivity contribution in [3.05, 3.63) is 42.9 Å². The summed E-state index contributed by atoms with van der Waals surface area (Å²) in [5.74, 6) is 1.90. The van der Waals surface area contributed by atoms with Gasteiger partial charge in [-0.1, -0.05) is 0 Å². The van der Waals surface area contributed by atoms with E-state index in [-0.39, 0.29) is 6.04 Å². The normalized spacial score (nSPS) is 17.3. The van der Waals surface area contributed by atoms with Gasteiger partial charge in [0.1, 0.15) is 18.1 Å². The first-order valence-electron chi connectivity index (χ1n) is 9.27. The van der Waals surface area contributed by atoms with E-state index in [2.05, 4.69) is 55.8 Å². The first-order chi connectivity index (χ1) is 13.2. The highest BCUT2D eigenvalue weighted by Crippen LogP contribution is 2.30. The van der Waals surface area contributed by atoms with Crippen molar-refractivity contribution in [1.82, 2.24) is 15.0 Å². The number of rotatable bonds is 5. The molecule has 7 nitrogen and oxygen atoms in total. The smallest absolute Gasteiger partial charge is 0.152 e. The van der Waals surface area contributed by atoms with E-state index >= 15 is 0 Å². The third-order valence-electron chi connectivity index (χ3n) is 5.24. The van der Waals surface area contributed by atoms with Crippen LogP contribution in [-0.2, 0) is 4.79 Å². The van der Waals surface area contributed by atoms with Gasteiger partial charge in [0, 0.05) is 57.2 Å². The highest BCUT2D eigenvalue weighted by atomic mass is 16.1. The third-order valence-corrected chi connectivity index (χ3v) is 5.24. The van der Waals surface area contributed by atoms with Crippen molar-refractivity contribution in [1.29, 1.82) is 0 Å². The van der Waals surface area contributed by atoms with Crippen molar-refractivity contribution in [2.75, 3.05) is 47.9 Å². The minimum Gasteiger partial charge on any atom is -0.372 e. The molecule has 0 amide bonds. The minimum atomic E-state index is -0.235. The molecule has 1 N–H and O–H groups in total. The number of carbonyl (C=O) groups excluding carboxylic acids is 1. The van der Waals surface area contributed by atoms with E-state index < -0.39 is 0 Å². The summed E-state index contributed by atoms with van der Waals surface area (Å²) >= 11 is 0. The molecular formula is C20H24N6O. The minimum absolute atomic E-state index is 0.235. The number of H-pyrrole nitrogens is 1. The maximum Gasteiger partial charge on any atom is 0.152 e. The van der Waals surface area contributed by atoms with E-state index in [1.807, 2.05) is 24.5 Å². The number of nitrogens with zero attached hydrogens (tertiary/aromatic N) is 5. The molecule has 4 heterocycles. The number of aromatic nitrogens is 3. The molecule has 3 aromatic rings. The van der Waals surface area contributed by atoms with Crippen molar-refractivity contribution in [2.45, 2.75) is 13.0 Å². The fourth-order valence-electron chi connectivity index (χ4n) is 3.63. The molecule has 1 fully saturated rings. The monoisotopic (exact) mass is 364 g/mol. The number of piperazine rings is 1. The summed E-state index contributed by atoms with van der Waals surface area (Å²) in [6.45, 7) is 5.18. The van der Waals surface area contributed by atoms with Crippen LogP contribution in [0.5, 0.6) is 0 Å². The number of anilines is 3. The van der Waals surface area contributed by atoms with Crippen molar-refractivity contribution in [3.63, 3.8) is 0 Å². The Kier molecular flexibility index (Phi) is 4.66. The summed E-state index contributed by atoms with van der Waals surface area (Å²) in [5, 5.41) is 1.05. The van der Waals surface area contributed by atoms with Crippen LogP contribution in [0.25, 0.3) is 10.9 Å². The molecule has 1 aliphatic rings. The van der Waals surface area contributed by atoms with Gasteiger partial charge >= 0.3 is 0 Å². The van der Waals surface area contributed by atoms with Gasteiger partial charge in [-0.3, -0.25) is 4.98 Å². The van der Waals surface area contributed by atoms with Gasteiger partial charge in [0.25, 0.3) is 0 Å². The highest BCUT2D eigenvalue weighted by molar-refractivity contribution is 5.84. The van der Waals surface area contributed by atoms with Crippen molar-refractivity contribution in [2.24, 2.45) is 0 Å². The summed E-state index contributed by atoms with van der Waals surface area (Å²) in [5.41, 5.74) is 2.12. The Balaban J connectivity index is 1.60. The zero-order valence-corrected chi connectivity index (χ0v) is 15.7. The molecule has 0 aromatic carbocycles. The van der Waals surface area contributed by atoms with Gasteiger partial charge in [0.15, 0.2) is 5.82 Å². The molecule has 4 rings (SSSR count). The molecule has 140 valence electrons. The third kappa shape index (κ3) is 3.20. The van der Waals surface area contributed by atoms with E-state index in [1.54, 1.807) is 6.20 Å². The van der Waals surface area contributed by atoms with Crippen LogP contribution in [0.4, 0.5) is 17.3 Å². The van der Waals surface area contributed by atoms with Gasteiger partial charge in [-0.2, -0.15) is 0 Å². The second-order valence-corrected chi connectivity index (χ2v) is 6.82. The number of aromatic amines is 1. The zero-order valence-electron chi connectivity index (χ0n) is 15.7. The average Bonchev–Trinajstić information content (AvgIpc) is 3.16. The van der Waals surface area contributed by atoms with Crippen LogP contribution in [0.3, 0.4) is 0 Å². The topological polar surface area (TPSA) is 68.4 Å². The van der Waals surface area contributed by atoms with E-state index in [1.165, 1.54) is 0 Å². The lowest BCUT2D eigenvalue weighted by Crippen LogP contribution is -2.54. The second kappa shape index (κ2) is 7.26. The Morgan fingerprint density at radius 3 is 3.00 bits per heavy atom. The van der Waals surface area contributed by atoms with Crippen LogP contribution >= 0.6 is 0 Å². The molecule has 0 radical (unpaired) electrons. The molecule has 0 bridgehead atoms. The number of aldehydes is 1. The summed E-state index contributed by atoms with van der Waals surface area (Å²) in [6.07, 6.45) is 6.45. The largest absolute Gasteiger partial charge is 0.372 e. The average molecular weight is 364 g/mol. The number of hydrogen-bond acceptors (Lipinski definition) is 6. The summed E-state index contributed by atoms with van der Waals surface area (Å²) in [4.78, 5) is 30.6. The summed E-state index contributed by atoms with van der Waals surface area (Å²) < 4.78 is 0. The maximum atomic E-state index is 11.9. The molecule has 1 aliphatic heterocycles. The van der Waals surface area contributed by atoms with Crippen LogP contribution in [0.1, 0.15) is 6.92 Å². The van der Waals surface area contributed by atoms with Gasteiger partial charge in [-0.25, -0.2) is 4.98 Å². The van der Waals surface area contributed by atoms with E-state index in [0.717, 1.165) is 54.1 Å². The molecule has 0 saturated carbocycles. The molecule has 0 aliphatic carbocycles. The SMILES string of the molecule is CCN(C)c1cccnc1N1CCN(c2cc3cnccc3[nH]2)C(C=O)C1. The lowest BCUT2D eigenvalue weighted by Gasteiger charge is -2.41. The Morgan fingerprint density at radius 2 is 2.22 bits per heavy atom.